The smallest absolute Gasteiger partial charge is 0.316 e. The third kappa shape index (κ3) is 36.7. The van der Waals surface area contributed by atoms with E-state index >= 15 is 0 Å². The van der Waals surface area contributed by atoms with Crippen molar-refractivity contribution in [3.8, 4) is 0 Å². The van der Waals surface area contributed by atoms with Crippen LogP contribution in [0.3, 0.4) is 0 Å². The van der Waals surface area contributed by atoms with E-state index in [1.54, 1.807) is 0 Å². The van der Waals surface area contributed by atoms with Gasteiger partial charge in [0.05, 0.1) is 0 Å². The summed E-state index contributed by atoms with van der Waals surface area (Å²) in [4.78, 5) is 0. The molecule has 3 heteroatoms. The Hall–Kier alpha value is 0.686. The highest BCUT2D eigenvalue weighted by Gasteiger charge is 1.63. The van der Waals surface area contributed by atoms with Crippen LogP contribution < -0.4 is 10.6 Å². The zero-order valence-electron chi connectivity index (χ0n) is 7.83. The highest BCUT2D eigenvalue weighted by molar-refractivity contribution is 5.75. The summed E-state index contributed by atoms with van der Waals surface area (Å²) in [5.74, 6) is 0. The van der Waals surface area contributed by atoms with Crippen LogP contribution in [0.1, 0.15) is 27.7 Å². The minimum Gasteiger partial charge on any atom is -0.317 e. The number of rotatable bonds is 4. The Bertz CT molecular complexity index is 33.1. The molecule has 0 aliphatic heterocycles. The highest BCUT2D eigenvalue weighted by Crippen LogP contribution is 1.48. The topological polar surface area (TPSA) is 24.1 Å². The molecule has 0 aromatic carbocycles. The summed E-state index contributed by atoms with van der Waals surface area (Å²) in [5.41, 5.74) is 0. The highest BCUT2D eigenvalue weighted by atomic mass is 24.3. The predicted molar refractivity (Wildman–Crippen MR) is 57.0 cm³/mol. The molecule has 0 atom stereocenters. The van der Waals surface area contributed by atoms with E-state index in [4.69, 9.17) is 0 Å². The Balaban J connectivity index is -0.000000107. The molecule has 0 aromatic heterocycles. The Labute approximate surface area is 87.7 Å². The molecule has 0 bridgehead atoms. The zero-order chi connectivity index (χ0) is 8.24. The van der Waals surface area contributed by atoms with Gasteiger partial charge >= 0.3 is 23.1 Å². The van der Waals surface area contributed by atoms with Crippen LogP contribution in [-0.4, -0.2) is 49.2 Å². The van der Waals surface area contributed by atoms with Gasteiger partial charge in [0.15, 0.2) is 0 Å². The number of hydrogen-bond acceptors (Lipinski definition) is 2. The summed E-state index contributed by atoms with van der Waals surface area (Å²) in [6.07, 6.45) is 0. The van der Waals surface area contributed by atoms with E-state index in [1.807, 2.05) is 0 Å². The van der Waals surface area contributed by atoms with Crippen molar-refractivity contribution in [3.05, 3.63) is 0 Å². The molecule has 0 heterocycles. The molecule has 0 aromatic rings. The van der Waals surface area contributed by atoms with Crippen molar-refractivity contribution in [3.63, 3.8) is 0 Å². The first-order chi connectivity index (χ1) is 4.83. The van der Waals surface area contributed by atoms with Gasteiger partial charge in [-0.1, -0.05) is 27.7 Å². The molecule has 2 N–H and O–H groups in total. The van der Waals surface area contributed by atoms with Gasteiger partial charge in [-0.25, -0.2) is 0 Å². The fourth-order valence-electron chi connectivity index (χ4n) is 0.500. The van der Waals surface area contributed by atoms with Crippen molar-refractivity contribution >= 4 is 23.1 Å². The Kier molecular flexibility index (Phi) is 36.1. The van der Waals surface area contributed by atoms with Crippen LogP contribution >= 0.6 is 0 Å². The van der Waals surface area contributed by atoms with Gasteiger partial charge in [-0.3, -0.25) is 0 Å². The average molecular weight is 173 g/mol. The second-order valence-corrected chi connectivity index (χ2v) is 1.91. The fourth-order valence-corrected chi connectivity index (χ4v) is 0.500. The second kappa shape index (κ2) is 22.4. The molecule has 0 aliphatic rings. The van der Waals surface area contributed by atoms with E-state index in [0.29, 0.717) is 0 Å². The third-order valence-electron chi connectivity index (χ3n) is 1.000. The Morgan fingerprint density at radius 1 is 0.636 bits per heavy atom. The second-order valence-electron chi connectivity index (χ2n) is 1.91. The number of hydrogen-bond donors (Lipinski definition) is 2. The molecule has 0 rings (SSSR count). The van der Waals surface area contributed by atoms with Crippen LogP contribution in [0.15, 0.2) is 0 Å². The van der Waals surface area contributed by atoms with Gasteiger partial charge in [-0.15, -0.1) is 0 Å². The molecule has 0 unspecified atom stereocenters. The molecule has 0 spiro atoms. The first-order valence-electron chi connectivity index (χ1n) is 4.24. The minimum absolute atomic E-state index is 0. The molecule has 0 saturated carbocycles. The molecule has 0 saturated heterocycles. The van der Waals surface area contributed by atoms with Crippen LogP contribution in [0.4, 0.5) is 0 Å². The van der Waals surface area contributed by atoms with E-state index in [9.17, 15) is 0 Å². The van der Waals surface area contributed by atoms with Crippen LogP contribution in [-0.2, 0) is 0 Å². The Morgan fingerprint density at radius 2 is 0.818 bits per heavy atom. The lowest BCUT2D eigenvalue weighted by molar-refractivity contribution is 0.762. The maximum atomic E-state index is 3.11. The first kappa shape index (κ1) is 17.7. The first-order valence-corrected chi connectivity index (χ1v) is 4.24. The van der Waals surface area contributed by atoms with Crippen molar-refractivity contribution < 1.29 is 0 Å². The van der Waals surface area contributed by atoms with E-state index in [2.05, 4.69) is 38.3 Å². The molecular formula is C8H24MgN2. The number of nitrogens with one attached hydrogen (secondary N) is 2. The monoisotopic (exact) mass is 172 g/mol. The molecule has 2 nitrogen and oxygen atoms in total. The van der Waals surface area contributed by atoms with E-state index in [1.165, 1.54) is 0 Å². The predicted octanol–water partition coefficient (Wildman–Crippen LogP) is 0.315. The van der Waals surface area contributed by atoms with E-state index < -0.39 is 0 Å². The normalized spacial score (nSPS) is 7.64. The lowest BCUT2D eigenvalue weighted by Crippen LogP contribution is -2.09. The molecular weight excluding hydrogens is 148 g/mol. The van der Waals surface area contributed by atoms with E-state index in [0.717, 1.165) is 26.2 Å². The van der Waals surface area contributed by atoms with Gasteiger partial charge in [-0.2, -0.15) is 0 Å². The summed E-state index contributed by atoms with van der Waals surface area (Å²) in [6, 6.07) is 0. The zero-order valence-corrected chi connectivity index (χ0v) is 7.83. The van der Waals surface area contributed by atoms with Crippen LogP contribution in [0, 0.1) is 0 Å². The third-order valence-corrected chi connectivity index (χ3v) is 1.000. The van der Waals surface area contributed by atoms with Crippen molar-refractivity contribution in [1.29, 1.82) is 0 Å². The summed E-state index contributed by atoms with van der Waals surface area (Å²) in [5, 5.41) is 6.22. The largest absolute Gasteiger partial charge is 0.317 e. The summed E-state index contributed by atoms with van der Waals surface area (Å²) in [6.45, 7) is 12.8. The molecule has 0 aliphatic carbocycles. The standard InChI is InChI=1S/2C4H11N.Mg.2H/c2*1-3-5-4-2;;;/h2*5H,3-4H2,1-2H3;;;. The van der Waals surface area contributed by atoms with Crippen LogP contribution in [0.25, 0.3) is 0 Å². The quantitative estimate of drug-likeness (QED) is 0.597. The van der Waals surface area contributed by atoms with Gasteiger partial charge in [0, 0.05) is 0 Å². The SMILES string of the molecule is CCNCC.CCNCC.[MgH2]. The maximum Gasteiger partial charge on any atom is 0.316 e. The molecule has 0 fully saturated rings. The Morgan fingerprint density at radius 3 is 0.818 bits per heavy atom. The van der Waals surface area contributed by atoms with Crippen LogP contribution in [0.2, 0.25) is 0 Å². The maximum absolute atomic E-state index is 3.11. The van der Waals surface area contributed by atoms with Crippen molar-refractivity contribution in [2.75, 3.05) is 26.2 Å². The molecule has 0 amide bonds. The van der Waals surface area contributed by atoms with Gasteiger partial charge in [-0.05, 0) is 26.2 Å². The van der Waals surface area contributed by atoms with E-state index in [-0.39, 0.29) is 23.1 Å². The molecule has 68 valence electrons. The summed E-state index contributed by atoms with van der Waals surface area (Å²) in [7, 11) is 0. The molecule has 0 radical (unpaired) electrons. The minimum atomic E-state index is 0. The van der Waals surface area contributed by atoms with Crippen molar-refractivity contribution in [1.82, 2.24) is 10.6 Å². The van der Waals surface area contributed by atoms with Gasteiger partial charge in [0.25, 0.3) is 0 Å². The molecule has 11 heavy (non-hydrogen) atoms. The van der Waals surface area contributed by atoms with Crippen molar-refractivity contribution in [2.24, 2.45) is 0 Å². The van der Waals surface area contributed by atoms with Gasteiger partial charge in [0.2, 0.25) is 0 Å². The average Bonchev–Trinajstić information content (AvgIpc) is 1.93. The lowest BCUT2D eigenvalue weighted by Gasteiger charge is -1.86. The summed E-state index contributed by atoms with van der Waals surface area (Å²) < 4.78 is 0. The lowest BCUT2D eigenvalue weighted by atomic mass is 10.7. The fraction of sp³-hybridized carbons (Fsp3) is 1.00. The van der Waals surface area contributed by atoms with Crippen molar-refractivity contribution in [2.45, 2.75) is 27.7 Å². The summed E-state index contributed by atoms with van der Waals surface area (Å²) >= 11 is 0. The van der Waals surface area contributed by atoms with Crippen LogP contribution in [0.5, 0.6) is 0 Å². The van der Waals surface area contributed by atoms with Gasteiger partial charge < -0.3 is 10.6 Å². The van der Waals surface area contributed by atoms with Gasteiger partial charge in [0.1, 0.15) is 0 Å².